The minimum absolute atomic E-state index is 0.106. The van der Waals surface area contributed by atoms with Crippen LogP contribution >= 0.6 is 0 Å². The van der Waals surface area contributed by atoms with Crippen molar-refractivity contribution >= 4 is 69.1 Å². The molecular formula is C40H44N12O5S. The largest absolute Gasteiger partial charge is 0.395 e. The van der Waals surface area contributed by atoms with Gasteiger partial charge in [-0.3, -0.25) is 4.55 Å². The van der Waals surface area contributed by atoms with E-state index >= 15 is 0 Å². The Morgan fingerprint density at radius 1 is 0.655 bits per heavy atom. The molecule has 0 bridgehead atoms. The number of aliphatic hydroxyl groups excluding tert-OH is 2. The Balaban J connectivity index is 1.20. The Bertz CT molecular complexity index is 2380. The molecule has 58 heavy (non-hydrogen) atoms. The molecule has 0 saturated heterocycles. The molecule has 18 heteroatoms. The number of para-hydroxylation sites is 1. The van der Waals surface area contributed by atoms with Crippen LogP contribution in [0.25, 0.3) is 12.2 Å². The van der Waals surface area contributed by atoms with Crippen LogP contribution in [0, 0.1) is 0 Å². The van der Waals surface area contributed by atoms with Gasteiger partial charge in [-0.05, 0) is 66.1 Å². The highest BCUT2D eigenvalue weighted by atomic mass is 32.2. The summed E-state index contributed by atoms with van der Waals surface area (Å²) in [6.45, 7) is 1.07. The second kappa shape index (κ2) is 20.0. The molecule has 17 nitrogen and oxygen atoms in total. The molecule has 0 aliphatic heterocycles. The zero-order valence-electron chi connectivity index (χ0n) is 31.4. The number of nitrogens with zero attached hydrogens (tertiary/aromatic N) is 7. The van der Waals surface area contributed by atoms with Gasteiger partial charge in [-0.1, -0.05) is 78.9 Å². The summed E-state index contributed by atoms with van der Waals surface area (Å²) in [7, 11) is -4.67. The second-order valence-electron chi connectivity index (χ2n) is 12.8. The minimum atomic E-state index is -4.67. The standard InChI is InChI=1S/C40H44N12O5S/c41-20-7-21-42-36-48-38(43-31-10-5-2-6-11-31)50-39(49-36)44-32-17-13-28(14-18-32)12-15-30-16-19-33(27-34(30)58(55,56)57)45-37-46-35(26-29-8-3-1-4-9-29)47-40(51-37)52(22-24-53)23-25-54/h1-6,8-19,27,53-54H,7,20-26,41H2,(H,55,56,57)(H,45,46,47,51)(H3,42,43,44,48,49,50)/b15-12+. The van der Waals surface area contributed by atoms with Crippen LogP contribution in [0.5, 0.6) is 0 Å². The SMILES string of the molecule is NCCCNc1nc(Nc2ccccc2)nc(Nc2ccc(/C=C/c3ccc(Nc4nc(Cc5ccccc5)nc(N(CCO)CCO)n4)cc3S(=O)(=O)O)cc2)n1. The Morgan fingerprint density at radius 2 is 1.24 bits per heavy atom. The number of nitrogens with one attached hydrogen (secondary N) is 4. The maximum Gasteiger partial charge on any atom is 0.295 e. The lowest BCUT2D eigenvalue weighted by Gasteiger charge is -2.21. The molecule has 300 valence electrons. The van der Waals surface area contributed by atoms with Crippen molar-refractivity contribution in [2.45, 2.75) is 17.7 Å². The fourth-order valence-corrected chi connectivity index (χ4v) is 6.34. The van der Waals surface area contributed by atoms with Gasteiger partial charge in [0.1, 0.15) is 10.7 Å². The smallest absolute Gasteiger partial charge is 0.295 e. The van der Waals surface area contributed by atoms with Crippen molar-refractivity contribution in [3.8, 4) is 0 Å². The van der Waals surface area contributed by atoms with Gasteiger partial charge in [0.05, 0.1) is 13.2 Å². The van der Waals surface area contributed by atoms with Crippen LogP contribution in [0.3, 0.4) is 0 Å². The van der Waals surface area contributed by atoms with Gasteiger partial charge in [0.15, 0.2) is 0 Å². The number of hydrogen-bond acceptors (Lipinski definition) is 16. The molecular weight excluding hydrogens is 761 g/mol. The summed E-state index contributed by atoms with van der Waals surface area (Å²) in [5.74, 6) is 1.78. The van der Waals surface area contributed by atoms with Crippen molar-refractivity contribution in [1.82, 2.24) is 29.9 Å². The molecule has 0 fully saturated rings. The molecule has 0 spiro atoms. The van der Waals surface area contributed by atoms with Crippen LogP contribution in [0.2, 0.25) is 0 Å². The number of hydrogen-bond donors (Lipinski definition) is 8. The Hall–Kier alpha value is -6.57. The first-order chi connectivity index (χ1) is 28.2. The highest BCUT2D eigenvalue weighted by Gasteiger charge is 2.18. The molecule has 6 rings (SSSR count). The van der Waals surface area contributed by atoms with Crippen molar-refractivity contribution < 1.29 is 23.2 Å². The van der Waals surface area contributed by atoms with E-state index in [9.17, 15) is 23.2 Å². The lowest BCUT2D eigenvalue weighted by Crippen LogP contribution is -2.32. The average Bonchev–Trinajstić information content (AvgIpc) is 3.21. The predicted octanol–water partition coefficient (Wildman–Crippen LogP) is 4.85. The molecule has 0 saturated carbocycles. The van der Waals surface area contributed by atoms with Gasteiger partial charge in [-0.2, -0.15) is 38.3 Å². The summed E-state index contributed by atoms with van der Waals surface area (Å²) in [6.07, 6.45) is 4.42. The van der Waals surface area contributed by atoms with E-state index in [1.807, 2.05) is 84.9 Å². The van der Waals surface area contributed by atoms with Crippen molar-refractivity contribution in [2.75, 3.05) is 65.6 Å². The molecule has 0 unspecified atom stereocenters. The van der Waals surface area contributed by atoms with Gasteiger partial charge >= 0.3 is 0 Å². The van der Waals surface area contributed by atoms with Crippen molar-refractivity contribution in [2.24, 2.45) is 5.73 Å². The van der Waals surface area contributed by atoms with Gasteiger partial charge in [0.2, 0.25) is 29.7 Å². The highest BCUT2D eigenvalue weighted by molar-refractivity contribution is 7.86. The summed E-state index contributed by atoms with van der Waals surface area (Å²) in [4.78, 5) is 28.4. The lowest BCUT2D eigenvalue weighted by molar-refractivity contribution is 0.280. The Kier molecular flexibility index (Phi) is 14.2. The van der Waals surface area contributed by atoms with Crippen molar-refractivity contribution in [1.29, 1.82) is 0 Å². The zero-order valence-corrected chi connectivity index (χ0v) is 32.2. The first-order valence-electron chi connectivity index (χ1n) is 18.4. The first-order valence-corrected chi connectivity index (χ1v) is 19.8. The highest BCUT2D eigenvalue weighted by Crippen LogP contribution is 2.26. The fourth-order valence-electron chi connectivity index (χ4n) is 5.63. The molecule has 0 amide bonds. The van der Waals surface area contributed by atoms with Gasteiger partial charge in [-0.15, -0.1) is 0 Å². The topological polar surface area (TPSA) is 250 Å². The molecule has 0 atom stereocenters. The summed E-state index contributed by atoms with van der Waals surface area (Å²) in [5, 5.41) is 31.8. The third-order valence-corrected chi connectivity index (χ3v) is 9.31. The van der Waals surface area contributed by atoms with E-state index in [2.05, 4.69) is 51.2 Å². The molecule has 9 N–H and O–H groups in total. The molecule has 2 heterocycles. The van der Waals surface area contributed by atoms with Crippen LogP contribution in [0.1, 0.15) is 28.9 Å². The maximum atomic E-state index is 12.6. The third kappa shape index (κ3) is 12.0. The van der Waals surface area contributed by atoms with E-state index in [0.717, 1.165) is 23.2 Å². The Morgan fingerprint density at radius 3 is 1.88 bits per heavy atom. The van der Waals surface area contributed by atoms with E-state index in [-0.39, 0.29) is 54.3 Å². The van der Waals surface area contributed by atoms with Crippen LogP contribution in [0.15, 0.2) is 108 Å². The van der Waals surface area contributed by atoms with Crippen LogP contribution in [0.4, 0.5) is 46.8 Å². The minimum Gasteiger partial charge on any atom is -0.395 e. The van der Waals surface area contributed by atoms with E-state index in [4.69, 9.17) is 5.73 Å². The molecule has 6 aromatic rings. The molecule has 4 aromatic carbocycles. The number of anilines is 8. The number of rotatable bonds is 20. The van der Waals surface area contributed by atoms with E-state index in [0.29, 0.717) is 48.9 Å². The first kappa shape index (κ1) is 41.1. The number of aromatic nitrogens is 6. The molecule has 0 radical (unpaired) electrons. The zero-order chi connectivity index (χ0) is 40.7. The monoisotopic (exact) mass is 804 g/mol. The Labute approximate surface area is 336 Å². The van der Waals surface area contributed by atoms with E-state index in [1.54, 1.807) is 29.2 Å². The van der Waals surface area contributed by atoms with Gasteiger partial charge in [-0.25, -0.2) is 0 Å². The summed E-state index contributed by atoms with van der Waals surface area (Å²) in [5.41, 5.74) is 9.39. The maximum absolute atomic E-state index is 12.6. The normalized spacial score (nSPS) is 11.4. The average molecular weight is 805 g/mol. The number of nitrogens with two attached hydrogens (primary N) is 1. The molecule has 2 aromatic heterocycles. The van der Waals surface area contributed by atoms with Gasteiger partial charge in [0.25, 0.3) is 10.1 Å². The van der Waals surface area contributed by atoms with Gasteiger partial charge in [0, 0.05) is 43.1 Å². The molecule has 0 aliphatic rings. The van der Waals surface area contributed by atoms with Gasteiger partial charge < -0.3 is 42.1 Å². The number of benzene rings is 4. The number of aliphatic hydroxyl groups is 2. The third-order valence-electron chi connectivity index (χ3n) is 8.40. The summed E-state index contributed by atoms with van der Waals surface area (Å²) in [6, 6.07) is 30.9. The van der Waals surface area contributed by atoms with Crippen LogP contribution < -0.4 is 31.9 Å². The summed E-state index contributed by atoms with van der Waals surface area (Å²) < 4.78 is 35.5. The summed E-state index contributed by atoms with van der Waals surface area (Å²) >= 11 is 0. The van der Waals surface area contributed by atoms with Crippen molar-refractivity contribution in [3.63, 3.8) is 0 Å². The van der Waals surface area contributed by atoms with Crippen LogP contribution in [-0.4, -0.2) is 92.5 Å². The fraction of sp³-hybridized carbons (Fsp3) is 0.200. The van der Waals surface area contributed by atoms with Crippen LogP contribution in [-0.2, 0) is 16.5 Å². The van der Waals surface area contributed by atoms with E-state index < -0.39 is 10.1 Å². The predicted molar refractivity (Wildman–Crippen MR) is 225 cm³/mol. The second-order valence-corrected chi connectivity index (χ2v) is 14.2. The quantitative estimate of drug-likeness (QED) is 0.0292. The molecule has 0 aliphatic carbocycles. The van der Waals surface area contributed by atoms with E-state index in [1.165, 1.54) is 6.07 Å². The van der Waals surface area contributed by atoms with Crippen molar-refractivity contribution in [3.05, 3.63) is 126 Å². The lowest BCUT2D eigenvalue weighted by atomic mass is 10.1.